The number of fused-ring (bicyclic) bond motifs is 1. The molecule has 4 heteroatoms. The van der Waals surface area contributed by atoms with E-state index in [0.717, 1.165) is 12.8 Å². The Balaban J connectivity index is 1.98. The lowest BCUT2D eigenvalue weighted by molar-refractivity contribution is -0.129. The van der Waals surface area contributed by atoms with Gasteiger partial charge in [-0.15, -0.1) is 0 Å². The van der Waals surface area contributed by atoms with Crippen molar-refractivity contribution < 1.29 is 18.9 Å². The Morgan fingerprint density at radius 1 is 1.44 bits per heavy atom. The van der Waals surface area contributed by atoms with Crippen molar-refractivity contribution in [3.05, 3.63) is 11.6 Å². The largest absolute Gasteiger partial charge is 0.353 e. The molecular formula is C12H20O4. The molecule has 0 saturated carbocycles. The third kappa shape index (κ3) is 2.15. The molecule has 1 heterocycles. The molecule has 0 spiro atoms. The number of ether oxygens (including phenoxy) is 4. The standard InChI is InChI=1S/C12H20O4/c1-4-15-11-7-9-8(12(13-2)14-3)5-6-10(9)16-11/h5,9-12H,4,6-7H2,1-3H3/t9?,10?,11-/m1/s1. The van der Waals surface area contributed by atoms with Crippen molar-refractivity contribution in [3.63, 3.8) is 0 Å². The summed E-state index contributed by atoms with van der Waals surface area (Å²) in [6.07, 6.45) is 3.98. The maximum Gasteiger partial charge on any atom is 0.179 e. The van der Waals surface area contributed by atoms with Gasteiger partial charge in [0.25, 0.3) is 0 Å². The molecule has 1 aliphatic heterocycles. The molecule has 1 aliphatic carbocycles. The van der Waals surface area contributed by atoms with Gasteiger partial charge in [-0.25, -0.2) is 0 Å². The van der Waals surface area contributed by atoms with Gasteiger partial charge in [-0.3, -0.25) is 0 Å². The molecule has 16 heavy (non-hydrogen) atoms. The number of rotatable bonds is 5. The lowest BCUT2D eigenvalue weighted by Gasteiger charge is -2.20. The average Bonchev–Trinajstić information content (AvgIpc) is 2.82. The van der Waals surface area contributed by atoms with Gasteiger partial charge in [-0.2, -0.15) is 0 Å². The van der Waals surface area contributed by atoms with Crippen LogP contribution >= 0.6 is 0 Å². The van der Waals surface area contributed by atoms with E-state index in [9.17, 15) is 0 Å². The van der Waals surface area contributed by atoms with Crippen molar-refractivity contribution >= 4 is 0 Å². The Bertz CT molecular complexity index is 260. The first kappa shape index (κ1) is 12.0. The lowest BCUT2D eigenvalue weighted by Crippen LogP contribution is -2.22. The topological polar surface area (TPSA) is 36.9 Å². The van der Waals surface area contributed by atoms with E-state index in [1.165, 1.54) is 5.57 Å². The maximum atomic E-state index is 5.81. The highest BCUT2D eigenvalue weighted by atomic mass is 16.7. The Morgan fingerprint density at radius 2 is 2.19 bits per heavy atom. The summed E-state index contributed by atoms with van der Waals surface area (Å²) >= 11 is 0. The summed E-state index contributed by atoms with van der Waals surface area (Å²) in [7, 11) is 3.33. The highest BCUT2D eigenvalue weighted by molar-refractivity contribution is 5.20. The maximum absolute atomic E-state index is 5.81. The summed E-state index contributed by atoms with van der Waals surface area (Å²) in [5, 5.41) is 0. The van der Waals surface area contributed by atoms with Gasteiger partial charge in [-0.05, 0) is 18.9 Å². The summed E-state index contributed by atoms with van der Waals surface area (Å²) in [5.41, 5.74) is 1.21. The van der Waals surface area contributed by atoms with E-state index in [1.54, 1.807) is 14.2 Å². The summed E-state index contributed by atoms with van der Waals surface area (Å²) < 4.78 is 21.9. The molecule has 0 radical (unpaired) electrons. The van der Waals surface area contributed by atoms with Crippen LogP contribution in [-0.2, 0) is 18.9 Å². The fourth-order valence-electron chi connectivity index (χ4n) is 2.61. The summed E-state index contributed by atoms with van der Waals surface area (Å²) in [6.45, 7) is 2.68. The van der Waals surface area contributed by atoms with Crippen LogP contribution in [0.5, 0.6) is 0 Å². The minimum absolute atomic E-state index is 0.0573. The summed E-state index contributed by atoms with van der Waals surface area (Å²) in [6, 6.07) is 0. The Hall–Kier alpha value is -0.420. The second-order valence-corrected chi connectivity index (χ2v) is 4.14. The Labute approximate surface area is 96.5 Å². The van der Waals surface area contributed by atoms with Crippen LogP contribution < -0.4 is 0 Å². The SMILES string of the molecule is CCO[C@H]1CC2C(C(OC)OC)=CCC2O1. The first-order valence-corrected chi connectivity index (χ1v) is 5.82. The third-order valence-corrected chi connectivity index (χ3v) is 3.29. The van der Waals surface area contributed by atoms with Crippen LogP contribution in [0.2, 0.25) is 0 Å². The monoisotopic (exact) mass is 228 g/mol. The van der Waals surface area contributed by atoms with Crippen LogP contribution in [0.25, 0.3) is 0 Å². The summed E-state index contributed by atoms with van der Waals surface area (Å²) in [4.78, 5) is 0. The molecule has 0 aromatic heterocycles. The molecule has 2 rings (SSSR count). The van der Waals surface area contributed by atoms with Crippen molar-refractivity contribution in [2.75, 3.05) is 20.8 Å². The van der Waals surface area contributed by atoms with E-state index in [4.69, 9.17) is 18.9 Å². The van der Waals surface area contributed by atoms with Crippen LogP contribution in [0.1, 0.15) is 19.8 Å². The zero-order valence-corrected chi connectivity index (χ0v) is 10.1. The molecule has 0 aromatic carbocycles. The molecule has 1 fully saturated rings. The molecule has 0 bridgehead atoms. The average molecular weight is 228 g/mol. The van der Waals surface area contributed by atoms with Crippen molar-refractivity contribution in [1.29, 1.82) is 0 Å². The van der Waals surface area contributed by atoms with Gasteiger partial charge >= 0.3 is 0 Å². The number of hydrogen-bond donors (Lipinski definition) is 0. The van der Waals surface area contributed by atoms with Gasteiger partial charge in [0.2, 0.25) is 0 Å². The quantitative estimate of drug-likeness (QED) is 0.530. The number of methoxy groups -OCH3 is 2. The molecule has 3 atom stereocenters. The zero-order chi connectivity index (χ0) is 11.5. The zero-order valence-electron chi connectivity index (χ0n) is 10.1. The summed E-state index contributed by atoms with van der Waals surface area (Å²) in [5.74, 6) is 0.390. The molecular weight excluding hydrogens is 208 g/mol. The van der Waals surface area contributed by atoms with Gasteiger partial charge in [0.1, 0.15) is 0 Å². The van der Waals surface area contributed by atoms with Crippen molar-refractivity contribution in [2.24, 2.45) is 5.92 Å². The minimum Gasteiger partial charge on any atom is -0.353 e. The van der Waals surface area contributed by atoms with Crippen molar-refractivity contribution in [1.82, 2.24) is 0 Å². The molecule has 2 aliphatic rings. The Kier molecular flexibility index (Phi) is 3.97. The molecule has 0 N–H and O–H groups in total. The predicted octanol–water partition coefficient (Wildman–Crippen LogP) is 1.70. The molecule has 2 unspecified atom stereocenters. The van der Waals surface area contributed by atoms with E-state index < -0.39 is 0 Å². The Morgan fingerprint density at radius 3 is 2.81 bits per heavy atom. The molecule has 0 amide bonds. The van der Waals surface area contributed by atoms with Gasteiger partial charge in [-0.1, -0.05) is 6.08 Å². The number of hydrogen-bond acceptors (Lipinski definition) is 4. The van der Waals surface area contributed by atoms with Crippen LogP contribution in [0, 0.1) is 5.92 Å². The van der Waals surface area contributed by atoms with Crippen LogP contribution in [0.3, 0.4) is 0 Å². The fraction of sp³-hybridized carbons (Fsp3) is 0.833. The first-order valence-electron chi connectivity index (χ1n) is 5.82. The lowest BCUT2D eigenvalue weighted by atomic mass is 9.97. The van der Waals surface area contributed by atoms with E-state index in [-0.39, 0.29) is 18.7 Å². The van der Waals surface area contributed by atoms with Gasteiger partial charge in [0, 0.05) is 33.2 Å². The van der Waals surface area contributed by atoms with Crippen molar-refractivity contribution in [3.8, 4) is 0 Å². The van der Waals surface area contributed by atoms with E-state index >= 15 is 0 Å². The van der Waals surface area contributed by atoms with Gasteiger partial charge in [0.05, 0.1) is 6.10 Å². The molecule has 1 saturated heterocycles. The van der Waals surface area contributed by atoms with E-state index in [2.05, 4.69) is 6.08 Å². The van der Waals surface area contributed by atoms with E-state index in [0.29, 0.717) is 12.5 Å². The highest BCUT2D eigenvalue weighted by Gasteiger charge is 2.42. The second kappa shape index (κ2) is 5.27. The normalized spacial score (nSPS) is 33.2. The predicted molar refractivity (Wildman–Crippen MR) is 58.9 cm³/mol. The highest BCUT2D eigenvalue weighted by Crippen LogP contribution is 2.41. The van der Waals surface area contributed by atoms with Gasteiger partial charge < -0.3 is 18.9 Å². The molecule has 92 valence electrons. The van der Waals surface area contributed by atoms with Gasteiger partial charge in [0.15, 0.2) is 12.6 Å². The van der Waals surface area contributed by atoms with Crippen LogP contribution in [-0.4, -0.2) is 39.5 Å². The van der Waals surface area contributed by atoms with E-state index in [1.807, 2.05) is 6.92 Å². The first-order chi connectivity index (χ1) is 7.80. The fourth-order valence-corrected chi connectivity index (χ4v) is 2.61. The third-order valence-electron chi connectivity index (χ3n) is 3.29. The van der Waals surface area contributed by atoms with Crippen LogP contribution in [0.15, 0.2) is 11.6 Å². The molecule has 4 nitrogen and oxygen atoms in total. The second-order valence-electron chi connectivity index (χ2n) is 4.14. The van der Waals surface area contributed by atoms with Crippen molar-refractivity contribution in [2.45, 2.75) is 38.4 Å². The molecule has 0 aromatic rings. The van der Waals surface area contributed by atoms with Crippen LogP contribution in [0.4, 0.5) is 0 Å². The minimum atomic E-state index is -0.237. The smallest absolute Gasteiger partial charge is 0.179 e.